The number of carbonyl (C=O) groups is 13. The SMILES string of the molecule is C[C@H](NC(=O)CNC(=O)[C@H](CO)NC(=O)[C@H](CO)NC(=O)[C@@H]1CCCN1C(=O)CNC(=O)CNC(=O)[C@H](CC(N)=O)NC(=O)[C@@H](N)CCCCN)C(=O)N1CCC[C@H]1C(=O)N1CCC[C@H]1C(=O)N1CCC[C@H]1C(=O)O. The van der Waals surface area contributed by atoms with Gasteiger partial charge in [-0.25, -0.2) is 4.79 Å². The molecular weight excluding hydrogens is 993 g/mol. The molecule has 0 unspecified atom stereocenters. The number of nitrogens with two attached hydrogens (primary N) is 3. The lowest BCUT2D eigenvalue weighted by Gasteiger charge is -2.34. The average Bonchev–Trinajstić information content (AvgIpc) is 4.24. The summed E-state index contributed by atoms with van der Waals surface area (Å²) in [5.41, 5.74) is 16.5. The fraction of sp³-hybridized carbons (Fsp3) is 0.711. The van der Waals surface area contributed by atoms with Crippen LogP contribution in [0.25, 0.3) is 0 Å². The molecule has 9 atom stereocenters. The molecule has 0 bridgehead atoms. The predicted octanol–water partition coefficient (Wildman–Crippen LogP) is -8.34. The molecule has 4 aliphatic rings. The van der Waals surface area contributed by atoms with Crippen LogP contribution in [-0.2, 0) is 62.3 Å². The van der Waals surface area contributed by atoms with E-state index in [0.717, 1.165) is 4.90 Å². The third kappa shape index (κ3) is 17.0. The van der Waals surface area contributed by atoms with E-state index in [4.69, 9.17) is 17.2 Å². The van der Waals surface area contributed by atoms with Crippen LogP contribution in [0.5, 0.6) is 0 Å². The van der Waals surface area contributed by atoms with E-state index in [1.165, 1.54) is 21.6 Å². The Morgan fingerprint density at radius 2 is 1.05 bits per heavy atom. The Balaban J connectivity index is 1.21. The van der Waals surface area contributed by atoms with E-state index in [9.17, 15) is 77.6 Å². The van der Waals surface area contributed by atoms with Crippen molar-refractivity contribution >= 4 is 76.9 Å². The molecule has 12 amide bonds. The van der Waals surface area contributed by atoms with Crippen LogP contribution < -0.4 is 54.4 Å². The van der Waals surface area contributed by atoms with Crippen LogP contribution in [0.2, 0.25) is 0 Å². The van der Waals surface area contributed by atoms with Crippen LogP contribution in [0.15, 0.2) is 0 Å². The van der Waals surface area contributed by atoms with Gasteiger partial charge in [-0.3, -0.25) is 57.5 Å². The Hall–Kier alpha value is -7.05. The lowest BCUT2D eigenvalue weighted by Crippen LogP contribution is -2.59. The normalized spacial score (nSPS) is 21.2. The molecule has 0 radical (unpaired) electrons. The summed E-state index contributed by atoms with van der Waals surface area (Å²) in [5, 5.41) is 45.5. The highest BCUT2D eigenvalue weighted by molar-refractivity contribution is 5.99. The van der Waals surface area contributed by atoms with Gasteiger partial charge in [-0.15, -0.1) is 0 Å². The fourth-order valence-electron chi connectivity index (χ4n) is 9.36. The van der Waals surface area contributed by atoms with Gasteiger partial charge in [0.25, 0.3) is 0 Å². The Morgan fingerprint density at radius 3 is 1.63 bits per heavy atom. The van der Waals surface area contributed by atoms with Crippen LogP contribution in [0.1, 0.15) is 84.0 Å². The Labute approximate surface area is 431 Å². The van der Waals surface area contributed by atoms with E-state index in [1.807, 2.05) is 0 Å². The zero-order chi connectivity index (χ0) is 55.5. The first-order valence-corrected chi connectivity index (χ1v) is 25.1. The summed E-state index contributed by atoms with van der Waals surface area (Å²) in [6.07, 6.45) is 3.72. The highest BCUT2D eigenvalue weighted by atomic mass is 16.4. The van der Waals surface area contributed by atoms with Crippen LogP contribution in [0.3, 0.4) is 0 Å². The van der Waals surface area contributed by atoms with Crippen molar-refractivity contribution in [2.75, 3.05) is 65.6 Å². The number of aliphatic carboxylic acids is 1. The number of nitrogens with zero attached hydrogens (tertiary/aromatic N) is 4. The second-order valence-corrected chi connectivity index (χ2v) is 18.8. The topological polar surface area (TPSA) is 458 Å². The molecule has 4 fully saturated rings. The number of hydrogen-bond acceptors (Lipinski definition) is 17. The van der Waals surface area contributed by atoms with E-state index in [-0.39, 0.29) is 39.0 Å². The zero-order valence-corrected chi connectivity index (χ0v) is 41.9. The first kappa shape index (κ1) is 60.5. The summed E-state index contributed by atoms with van der Waals surface area (Å²) < 4.78 is 0. The molecular formula is C45H72N14O16. The molecule has 0 saturated carbocycles. The number of carboxylic acid groups (broad SMARTS) is 1. The summed E-state index contributed by atoms with van der Waals surface area (Å²) in [4.78, 5) is 173. The van der Waals surface area contributed by atoms with Crippen molar-refractivity contribution in [2.24, 2.45) is 17.2 Å². The average molecular weight is 1070 g/mol. The molecule has 75 heavy (non-hydrogen) atoms. The Bertz CT molecular complexity index is 2150. The number of aliphatic hydroxyl groups excluding tert-OH is 2. The van der Waals surface area contributed by atoms with Crippen molar-refractivity contribution in [3.8, 4) is 0 Å². The minimum Gasteiger partial charge on any atom is -0.480 e. The maximum Gasteiger partial charge on any atom is 0.326 e. The first-order chi connectivity index (χ1) is 35.6. The number of carbonyl (C=O) groups excluding carboxylic acids is 12. The van der Waals surface area contributed by atoms with Crippen molar-refractivity contribution in [2.45, 2.75) is 138 Å². The van der Waals surface area contributed by atoms with E-state index in [1.54, 1.807) is 0 Å². The molecule has 30 nitrogen and oxygen atoms in total. The van der Waals surface area contributed by atoms with Crippen molar-refractivity contribution < 1.29 is 77.6 Å². The summed E-state index contributed by atoms with van der Waals surface area (Å²) in [6.45, 7) is -1.53. The smallest absolute Gasteiger partial charge is 0.326 e. The van der Waals surface area contributed by atoms with Gasteiger partial charge in [0, 0.05) is 26.2 Å². The molecule has 0 aromatic rings. The third-order valence-corrected chi connectivity index (χ3v) is 13.3. The van der Waals surface area contributed by atoms with E-state index >= 15 is 0 Å². The number of amides is 12. The van der Waals surface area contributed by atoms with E-state index in [0.29, 0.717) is 64.3 Å². The molecule has 16 N–H and O–H groups in total. The van der Waals surface area contributed by atoms with Crippen LogP contribution >= 0.6 is 0 Å². The van der Waals surface area contributed by atoms with Crippen molar-refractivity contribution in [3.05, 3.63) is 0 Å². The summed E-state index contributed by atoms with van der Waals surface area (Å²) in [6, 6.07) is -11.0. The molecule has 4 aliphatic heterocycles. The predicted molar refractivity (Wildman–Crippen MR) is 258 cm³/mol. The number of likely N-dealkylation sites (tertiary alicyclic amines) is 4. The Morgan fingerprint density at radius 1 is 0.560 bits per heavy atom. The van der Waals surface area contributed by atoms with Gasteiger partial charge in [0.2, 0.25) is 70.9 Å². The number of primary amides is 1. The second kappa shape index (κ2) is 29.1. The molecule has 30 heteroatoms. The number of aliphatic hydroxyl groups is 2. The number of rotatable bonds is 27. The van der Waals surface area contributed by atoms with Crippen LogP contribution in [0, 0.1) is 0 Å². The van der Waals surface area contributed by atoms with Gasteiger partial charge in [0.05, 0.1) is 45.3 Å². The molecule has 0 aromatic heterocycles. The molecule has 4 saturated heterocycles. The standard InChI is InChI=1S/C45H72N14O16/c1-24(42(71)57-15-5-10-30(57)43(72)58-16-6-11-31(58)44(73)59-17-7-12-32(59)45(74)75)52-35(64)20-51-39(68)27(22-60)54-40(69)28(23-61)55-41(70)29-9-4-14-56(29)36(65)21-49-34(63)19-50-38(67)26(18-33(48)62)53-37(66)25(47)8-2-3-13-46/h24-32,60-61H,2-23,46-47H2,1H3,(H2,48,62)(H,49,63)(H,50,67)(H,51,68)(H,52,64)(H,53,66)(H,54,69)(H,55,70)(H,74,75)/t24-,25-,26-,27-,28-,29-,30-,31-,32-/m0/s1. The minimum absolute atomic E-state index is 0.0640. The number of nitrogens with one attached hydrogen (secondary N) is 7. The molecule has 0 spiro atoms. The van der Waals surface area contributed by atoms with Crippen molar-refractivity contribution in [3.63, 3.8) is 0 Å². The number of unbranched alkanes of at least 4 members (excludes halogenated alkanes) is 1. The van der Waals surface area contributed by atoms with Gasteiger partial charge in [0.1, 0.15) is 48.3 Å². The van der Waals surface area contributed by atoms with Gasteiger partial charge in [-0.2, -0.15) is 0 Å². The maximum absolute atomic E-state index is 13.8. The summed E-state index contributed by atoms with van der Waals surface area (Å²) in [7, 11) is 0. The first-order valence-electron chi connectivity index (χ1n) is 25.1. The van der Waals surface area contributed by atoms with Gasteiger partial charge < -0.3 is 89.3 Å². The molecule has 0 aromatic carbocycles. The van der Waals surface area contributed by atoms with Gasteiger partial charge in [-0.05, 0) is 77.7 Å². The lowest BCUT2D eigenvalue weighted by molar-refractivity contribution is -0.153. The highest BCUT2D eigenvalue weighted by Crippen LogP contribution is 2.29. The van der Waals surface area contributed by atoms with E-state index < -0.39 is 171 Å². The highest BCUT2D eigenvalue weighted by Gasteiger charge is 2.46. The molecule has 418 valence electrons. The van der Waals surface area contributed by atoms with Gasteiger partial charge >= 0.3 is 5.97 Å². The zero-order valence-electron chi connectivity index (χ0n) is 41.9. The fourth-order valence-corrected chi connectivity index (χ4v) is 9.36. The Kier molecular flexibility index (Phi) is 23.5. The van der Waals surface area contributed by atoms with Gasteiger partial charge in [-0.1, -0.05) is 6.42 Å². The van der Waals surface area contributed by atoms with Gasteiger partial charge in [0.15, 0.2) is 0 Å². The second-order valence-electron chi connectivity index (χ2n) is 18.8. The third-order valence-electron chi connectivity index (χ3n) is 13.3. The van der Waals surface area contributed by atoms with Crippen LogP contribution in [-0.4, -0.2) is 232 Å². The molecule has 0 aliphatic carbocycles. The number of hydrogen-bond donors (Lipinski definition) is 13. The summed E-state index contributed by atoms with van der Waals surface area (Å²) >= 11 is 0. The largest absolute Gasteiger partial charge is 0.480 e. The maximum atomic E-state index is 13.8. The quantitative estimate of drug-likeness (QED) is 0.0340. The summed E-state index contributed by atoms with van der Waals surface area (Å²) in [5.74, 6) is -10.7. The molecule has 4 heterocycles. The molecule has 4 rings (SSSR count). The lowest BCUT2D eigenvalue weighted by atomic mass is 10.1. The van der Waals surface area contributed by atoms with E-state index in [2.05, 4.69) is 37.2 Å². The monoisotopic (exact) mass is 1060 g/mol. The minimum atomic E-state index is -1.70. The van der Waals surface area contributed by atoms with Crippen LogP contribution in [0.4, 0.5) is 0 Å². The van der Waals surface area contributed by atoms with Crippen molar-refractivity contribution in [1.29, 1.82) is 0 Å². The van der Waals surface area contributed by atoms with Crippen molar-refractivity contribution in [1.82, 2.24) is 56.8 Å². The number of carboxylic acids is 1.